The number of rotatable bonds is 3. The van der Waals surface area contributed by atoms with Crippen LogP contribution in [0, 0.1) is 17.0 Å². The van der Waals surface area contributed by atoms with Gasteiger partial charge in [-0.05, 0) is 36.2 Å². The lowest BCUT2D eigenvalue weighted by atomic mass is 10.2. The van der Waals surface area contributed by atoms with Crippen molar-refractivity contribution in [3.8, 4) is 5.75 Å². The SMILES string of the molecule is Cc1cc(N=Cc2cc([N+](=O)[O-])ccc2[O-])ccc1Br. The molecule has 2 rings (SSSR count). The minimum absolute atomic E-state index is 0.127. The Morgan fingerprint density at radius 1 is 1.25 bits per heavy atom. The van der Waals surface area contributed by atoms with E-state index in [4.69, 9.17) is 0 Å². The van der Waals surface area contributed by atoms with Gasteiger partial charge in [0.15, 0.2) is 0 Å². The second-order valence-electron chi connectivity index (χ2n) is 4.17. The molecule has 0 N–H and O–H groups in total. The summed E-state index contributed by atoms with van der Waals surface area (Å²) in [6.07, 6.45) is 1.35. The van der Waals surface area contributed by atoms with Crippen LogP contribution in [-0.4, -0.2) is 11.1 Å². The maximum atomic E-state index is 11.6. The van der Waals surface area contributed by atoms with Gasteiger partial charge in [-0.15, -0.1) is 0 Å². The first-order valence-electron chi connectivity index (χ1n) is 5.73. The van der Waals surface area contributed by atoms with E-state index in [1.807, 2.05) is 19.1 Å². The van der Waals surface area contributed by atoms with E-state index in [1.54, 1.807) is 6.07 Å². The van der Waals surface area contributed by atoms with E-state index in [2.05, 4.69) is 20.9 Å². The van der Waals surface area contributed by atoms with Gasteiger partial charge in [0.2, 0.25) is 0 Å². The Kier molecular flexibility index (Phi) is 4.14. The lowest BCUT2D eigenvalue weighted by molar-refractivity contribution is -0.385. The molecule has 2 aromatic rings. The number of non-ortho nitro benzene ring substituents is 1. The third-order valence-corrected chi connectivity index (χ3v) is 3.59. The molecule has 2 aromatic carbocycles. The van der Waals surface area contributed by atoms with Crippen molar-refractivity contribution in [1.82, 2.24) is 0 Å². The molecular formula is C14H10BrN2O3-. The minimum Gasteiger partial charge on any atom is -0.872 e. The van der Waals surface area contributed by atoms with Crippen molar-refractivity contribution in [3.05, 3.63) is 62.1 Å². The predicted molar refractivity (Wildman–Crippen MR) is 78.7 cm³/mol. The van der Waals surface area contributed by atoms with Crippen molar-refractivity contribution in [2.45, 2.75) is 6.92 Å². The van der Waals surface area contributed by atoms with E-state index in [-0.39, 0.29) is 17.0 Å². The van der Waals surface area contributed by atoms with Crippen LogP contribution >= 0.6 is 15.9 Å². The largest absolute Gasteiger partial charge is 0.872 e. The molecule has 0 saturated heterocycles. The summed E-state index contributed by atoms with van der Waals surface area (Å²) in [6.45, 7) is 1.93. The zero-order valence-electron chi connectivity index (χ0n) is 10.5. The molecule has 0 aliphatic heterocycles. The highest BCUT2D eigenvalue weighted by Gasteiger charge is 2.05. The highest BCUT2D eigenvalue weighted by atomic mass is 79.9. The number of hydrogen-bond acceptors (Lipinski definition) is 4. The second kappa shape index (κ2) is 5.83. The maximum absolute atomic E-state index is 11.6. The summed E-state index contributed by atoms with van der Waals surface area (Å²) in [5.41, 5.74) is 1.76. The van der Waals surface area contributed by atoms with Crippen LogP contribution in [0.3, 0.4) is 0 Å². The molecule has 0 saturated carbocycles. The summed E-state index contributed by atoms with van der Waals surface area (Å²) in [5.74, 6) is -0.298. The van der Waals surface area contributed by atoms with Gasteiger partial charge in [0.1, 0.15) is 0 Å². The summed E-state index contributed by atoms with van der Waals surface area (Å²) in [5, 5.41) is 22.3. The Bertz CT molecular complexity index is 699. The maximum Gasteiger partial charge on any atom is 0.270 e. The molecule has 0 radical (unpaired) electrons. The van der Waals surface area contributed by atoms with Crippen molar-refractivity contribution in [1.29, 1.82) is 0 Å². The zero-order valence-corrected chi connectivity index (χ0v) is 12.1. The van der Waals surface area contributed by atoms with Gasteiger partial charge in [-0.1, -0.05) is 27.7 Å². The third kappa shape index (κ3) is 3.21. The van der Waals surface area contributed by atoms with Crippen LogP contribution in [0.4, 0.5) is 11.4 Å². The Balaban J connectivity index is 2.33. The van der Waals surface area contributed by atoms with Gasteiger partial charge in [-0.3, -0.25) is 15.1 Å². The topological polar surface area (TPSA) is 78.6 Å². The average Bonchev–Trinajstić information content (AvgIpc) is 2.41. The first-order chi connectivity index (χ1) is 9.47. The molecule has 0 fully saturated rings. The minimum atomic E-state index is -0.541. The Morgan fingerprint density at radius 2 is 2.00 bits per heavy atom. The van der Waals surface area contributed by atoms with Crippen molar-refractivity contribution in [3.63, 3.8) is 0 Å². The molecule has 0 atom stereocenters. The molecule has 0 aliphatic carbocycles. The van der Waals surface area contributed by atoms with Crippen molar-refractivity contribution in [2.24, 2.45) is 4.99 Å². The lowest BCUT2D eigenvalue weighted by Crippen LogP contribution is -1.98. The van der Waals surface area contributed by atoms with Crippen LogP contribution in [0.25, 0.3) is 0 Å². The molecule has 0 aliphatic rings. The van der Waals surface area contributed by atoms with Gasteiger partial charge in [-0.2, -0.15) is 0 Å². The van der Waals surface area contributed by atoms with Crippen molar-refractivity contribution >= 4 is 33.5 Å². The van der Waals surface area contributed by atoms with Gasteiger partial charge in [0, 0.05) is 22.8 Å². The summed E-state index contributed by atoms with van der Waals surface area (Å²) in [4.78, 5) is 14.3. The highest BCUT2D eigenvalue weighted by Crippen LogP contribution is 2.23. The van der Waals surface area contributed by atoms with Crippen LogP contribution in [0.5, 0.6) is 5.75 Å². The number of nitrogens with zero attached hydrogens (tertiary/aromatic N) is 2. The third-order valence-electron chi connectivity index (χ3n) is 2.70. The van der Waals surface area contributed by atoms with E-state index < -0.39 is 4.92 Å². The van der Waals surface area contributed by atoms with E-state index in [0.29, 0.717) is 5.69 Å². The van der Waals surface area contributed by atoms with Gasteiger partial charge >= 0.3 is 0 Å². The Morgan fingerprint density at radius 3 is 2.65 bits per heavy atom. The van der Waals surface area contributed by atoms with Gasteiger partial charge in [0.05, 0.1) is 10.6 Å². The molecule has 0 heterocycles. The van der Waals surface area contributed by atoms with E-state index in [9.17, 15) is 15.2 Å². The lowest BCUT2D eigenvalue weighted by Gasteiger charge is -2.08. The van der Waals surface area contributed by atoms with Crippen LogP contribution in [-0.2, 0) is 0 Å². The fraction of sp³-hybridized carbons (Fsp3) is 0.0714. The molecule has 102 valence electrons. The molecule has 6 heteroatoms. The second-order valence-corrected chi connectivity index (χ2v) is 5.03. The number of hydrogen-bond donors (Lipinski definition) is 0. The number of aryl methyl sites for hydroxylation is 1. The summed E-state index contributed by atoms with van der Waals surface area (Å²) in [6, 6.07) is 9.07. The first-order valence-corrected chi connectivity index (χ1v) is 6.52. The van der Waals surface area contributed by atoms with Crippen LogP contribution in [0.15, 0.2) is 45.9 Å². The van der Waals surface area contributed by atoms with Gasteiger partial charge in [0.25, 0.3) is 5.69 Å². The van der Waals surface area contributed by atoms with E-state index >= 15 is 0 Å². The van der Waals surface area contributed by atoms with Crippen LogP contribution in [0.2, 0.25) is 0 Å². The standard InChI is InChI=1S/C14H11BrN2O3/c1-9-6-11(2-4-13(9)15)16-8-10-7-12(17(19)20)3-5-14(10)18/h2-8,18H,1H3/p-1. The van der Waals surface area contributed by atoms with Crippen LogP contribution < -0.4 is 5.11 Å². The zero-order chi connectivity index (χ0) is 14.7. The molecule has 0 amide bonds. The molecule has 20 heavy (non-hydrogen) atoms. The fourth-order valence-corrected chi connectivity index (χ4v) is 1.85. The smallest absolute Gasteiger partial charge is 0.270 e. The number of aliphatic imine (C=N–C) groups is 1. The fourth-order valence-electron chi connectivity index (χ4n) is 1.60. The number of nitro groups is 1. The average molecular weight is 334 g/mol. The predicted octanol–water partition coefficient (Wildman–Crippen LogP) is 3.49. The quantitative estimate of drug-likeness (QED) is 0.490. The van der Waals surface area contributed by atoms with Gasteiger partial charge < -0.3 is 5.11 Å². The highest BCUT2D eigenvalue weighted by molar-refractivity contribution is 9.10. The summed E-state index contributed by atoms with van der Waals surface area (Å²) < 4.78 is 0.969. The normalized spacial score (nSPS) is 10.9. The van der Waals surface area contributed by atoms with E-state index in [0.717, 1.165) is 10.0 Å². The van der Waals surface area contributed by atoms with Crippen molar-refractivity contribution < 1.29 is 10.0 Å². The summed E-state index contributed by atoms with van der Waals surface area (Å²) >= 11 is 3.39. The van der Waals surface area contributed by atoms with E-state index in [1.165, 1.54) is 24.4 Å². The Labute approximate surface area is 123 Å². The molecular weight excluding hydrogens is 324 g/mol. The molecule has 0 spiro atoms. The number of nitro benzene ring substituents is 1. The van der Waals surface area contributed by atoms with Crippen molar-refractivity contribution in [2.75, 3.05) is 0 Å². The number of halogens is 1. The summed E-state index contributed by atoms with van der Waals surface area (Å²) in [7, 11) is 0. The van der Waals surface area contributed by atoms with Gasteiger partial charge in [-0.25, -0.2) is 0 Å². The molecule has 0 bridgehead atoms. The first kappa shape index (κ1) is 14.2. The Hall–Kier alpha value is -2.21. The monoisotopic (exact) mass is 333 g/mol. The number of benzene rings is 2. The molecule has 5 nitrogen and oxygen atoms in total. The molecule has 0 unspecified atom stereocenters. The van der Waals surface area contributed by atoms with Crippen LogP contribution in [0.1, 0.15) is 11.1 Å². The molecule has 0 aromatic heterocycles.